The Morgan fingerprint density at radius 3 is 2.04 bits per heavy atom. The highest BCUT2D eigenvalue weighted by atomic mass is 16.6. The van der Waals surface area contributed by atoms with Crippen molar-refractivity contribution < 1.29 is 28.7 Å². The molecule has 12 nitrogen and oxygen atoms in total. The predicted octanol–water partition coefficient (Wildman–Crippen LogP) is 6.36. The molecule has 50 heavy (non-hydrogen) atoms. The number of aromatic nitrogens is 1. The molecule has 1 fully saturated rings. The van der Waals surface area contributed by atoms with E-state index in [0.717, 1.165) is 16.3 Å². The van der Waals surface area contributed by atoms with Gasteiger partial charge in [-0.15, -0.1) is 0 Å². The largest absolute Gasteiger partial charge is 0.444 e. The van der Waals surface area contributed by atoms with Gasteiger partial charge in [0.15, 0.2) is 0 Å². The molecule has 6 N–H and O–H groups in total. The van der Waals surface area contributed by atoms with Crippen LogP contribution in [-0.4, -0.2) is 57.7 Å². The van der Waals surface area contributed by atoms with Crippen molar-refractivity contribution in [3.63, 3.8) is 0 Å². The third kappa shape index (κ3) is 8.60. The SMILES string of the molecule is CC(C)(C)OC(=O)NC(=N)c1ccc2c(C(N)=O)c(C(=O)NC3CCC(NC(=O)OC(C)(C)C)CC3)n(Cc3cccc4ccccc34)c2c1. The van der Waals surface area contributed by atoms with Crippen LogP contribution >= 0.6 is 0 Å². The number of primary amides is 1. The molecule has 0 spiro atoms. The molecule has 4 amide bonds. The van der Waals surface area contributed by atoms with Crippen molar-refractivity contribution >= 4 is 51.5 Å². The number of hydrogen-bond acceptors (Lipinski definition) is 7. The average molecular weight is 683 g/mol. The molecule has 3 aromatic carbocycles. The molecule has 4 aromatic rings. The smallest absolute Gasteiger partial charge is 0.413 e. The zero-order valence-corrected chi connectivity index (χ0v) is 29.4. The molecule has 1 aliphatic carbocycles. The lowest BCUT2D eigenvalue weighted by Gasteiger charge is -2.30. The summed E-state index contributed by atoms with van der Waals surface area (Å²) in [4.78, 5) is 52.1. The number of carbonyl (C=O) groups excluding carboxylic acids is 4. The second-order valence-electron chi connectivity index (χ2n) is 14.7. The van der Waals surface area contributed by atoms with Crippen LogP contribution in [0.3, 0.4) is 0 Å². The van der Waals surface area contributed by atoms with E-state index < -0.39 is 35.2 Å². The van der Waals surface area contributed by atoms with E-state index >= 15 is 0 Å². The maximum absolute atomic E-state index is 14.3. The zero-order chi connectivity index (χ0) is 36.4. The maximum atomic E-state index is 14.3. The van der Waals surface area contributed by atoms with Crippen LogP contribution in [-0.2, 0) is 16.0 Å². The normalized spacial score (nSPS) is 16.4. The molecule has 0 saturated heterocycles. The van der Waals surface area contributed by atoms with Gasteiger partial charge in [-0.3, -0.25) is 20.3 Å². The van der Waals surface area contributed by atoms with Crippen molar-refractivity contribution in [3.05, 3.63) is 83.0 Å². The van der Waals surface area contributed by atoms with E-state index in [-0.39, 0.29) is 35.7 Å². The molecule has 0 bridgehead atoms. The van der Waals surface area contributed by atoms with Gasteiger partial charge in [0, 0.05) is 29.6 Å². The van der Waals surface area contributed by atoms with E-state index in [1.165, 1.54) is 0 Å². The second-order valence-corrected chi connectivity index (χ2v) is 14.7. The van der Waals surface area contributed by atoms with Crippen molar-refractivity contribution in [2.24, 2.45) is 5.73 Å². The minimum atomic E-state index is -0.775. The van der Waals surface area contributed by atoms with Gasteiger partial charge >= 0.3 is 12.2 Å². The molecule has 5 rings (SSSR count). The number of nitrogens with zero attached hydrogens (tertiary/aromatic N) is 1. The van der Waals surface area contributed by atoms with E-state index in [0.29, 0.717) is 42.1 Å². The Morgan fingerprint density at radius 2 is 1.40 bits per heavy atom. The van der Waals surface area contributed by atoms with Gasteiger partial charge in [0.1, 0.15) is 22.7 Å². The van der Waals surface area contributed by atoms with Crippen molar-refractivity contribution in [3.8, 4) is 0 Å². The minimum Gasteiger partial charge on any atom is -0.444 e. The standard InChI is InChI=1S/C38H46N6O6/c1-37(2,3)49-35(47)42-26-17-15-25(16-18-26)41-34(46)31-30(33(40)45)28-19-14-23(32(39)43-36(48)50-38(4,5)6)20-29(28)44(31)21-24-12-9-11-22-10-7-8-13-27(22)24/h7-14,19-20,25-26H,15-18,21H2,1-6H3,(H2,40,45)(H,41,46)(H,42,47)(H2,39,43,48). The first-order valence-corrected chi connectivity index (χ1v) is 16.8. The molecule has 264 valence electrons. The van der Waals surface area contributed by atoms with Gasteiger partial charge in [-0.1, -0.05) is 54.6 Å². The van der Waals surface area contributed by atoms with Crippen LogP contribution < -0.4 is 21.7 Å². The first-order chi connectivity index (χ1) is 23.5. The molecular weight excluding hydrogens is 636 g/mol. The summed E-state index contributed by atoms with van der Waals surface area (Å²) >= 11 is 0. The Kier molecular flexibility index (Phi) is 10.2. The van der Waals surface area contributed by atoms with E-state index in [9.17, 15) is 19.2 Å². The highest BCUT2D eigenvalue weighted by Gasteiger charge is 2.31. The molecule has 12 heteroatoms. The van der Waals surface area contributed by atoms with Crippen LogP contribution in [0.1, 0.15) is 99.2 Å². The van der Waals surface area contributed by atoms with Gasteiger partial charge in [0.05, 0.1) is 11.1 Å². The predicted molar refractivity (Wildman–Crippen MR) is 193 cm³/mol. The number of carbonyl (C=O) groups is 4. The summed E-state index contributed by atoms with van der Waals surface area (Å²) in [5.41, 5.74) is 6.55. The minimum absolute atomic E-state index is 0.0659. The van der Waals surface area contributed by atoms with Crippen LogP contribution in [0, 0.1) is 5.41 Å². The first-order valence-electron chi connectivity index (χ1n) is 16.8. The quantitative estimate of drug-likeness (QED) is 0.112. The Balaban J connectivity index is 1.49. The topological polar surface area (TPSA) is 178 Å². The van der Waals surface area contributed by atoms with Crippen LogP contribution in [0.2, 0.25) is 0 Å². The molecule has 1 aromatic heterocycles. The summed E-state index contributed by atoms with van der Waals surface area (Å²) in [5, 5.41) is 19.6. The molecule has 1 heterocycles. The lowest BCUT2D eigenvalue weighted by atomic mass is 9.91. The third-order valence-electron chi connectivity index (χ3n) is 8.43. The second kappa shape index (κ2) is 14.2. The Morgan fingerprint density at radius 1 is 0.800 bits per heavy atom. The monoisotopic (exact) mass is 682 g/mol. The lowest BCUT2D eigenvalue weighted by molar-refractivity contribution is 0.0486. The fourth-order valence-electron chi connectivity index (χ4n) is 6.34. The Bertz CT molecular complexity index is 1950. The van der Waals surface area contributed by atoms with Crippen LogP contribution in [0.15, 0.2) is 60.7 Å². The third-order valence-corrected chi connectivity index (χ3v) is 8.43. The first kappa shape index (κ1) is 35.9. The fourth-order valence-corrected chi connectivity index (χ4v) is 6.34. The summed E-state index contributed by atoms with van der Waals surface area (Å²) in [5.74, 6) is -1.43. The van der Waals surface area contributed by atoms with Crippen molar-refractivity contribution in [2.75, 3.05) is 0 Å². The Hall–Kier alpha value is -5.39. The number of ether oxygens (including phenoxy) is 2. The Labute approximate surface area is 291 Å². The molecule has 0 atom stereocenters. The van der Waals surface area contributed by atoms with Gasteiger partial charge in [0.25, 0.3) is 11.8 Å². The number of rotatable bonds is 7. The van der Waals surface area contributed by atoms with Gasteiger partial charge in [-0.2, -0.15) is 0 Å². The summed E-state index contributed by atoms with van der Waals surface area (Å²) in [6.45, 7) is 10.8. The summed E-state index contributed by atoms with van der Waals surface area (Å²) in [6.07, 6.45) is 1.26. The van der Waals surface area contributed by atoms with Crippen molar-refractivity contribution in [2.45, 2.75) is 97.1 Å². The summed E-state index contributed by atoms with van der Waals surface area (Å²) < 4.78 is 12.5. The summed E-state index contributed by atoms with van der Waals surface area (Å²) in [6, 6.07) is 18.4. The van der Waals surface area contributed by atoms with Crippen LogP contribution in [0.5, 0.6) is 0 Å². The molecule has 0 radical (unpaired) electrons. The average Bonchev–Trinajstić information content (AvgIpc) is 3.34. The lowest BCUT2D eigenvalue weighted by Crippen LogP contribution is -2.45. The van der Waals surface area contributed by atoms with Gasteiger partial charge in [-0.05, 0) is 89.6 Å². The molecule has 0 unspecified atom stereocenters. The van der Waals surface area contributed by atoms with E-state index in [4.69, 9.17) is 20.6 Å². The number of amides is 4. The van der Waals surface area contributed by atoms with Crippen molar-refractivity contribution in [1.29, 1.82) is 5.41 Å². The molecular formula is C38H46N6O6. The number of amidine groups is 1. The highest BCUT2D eigenvalue weighted by molar-refractivity contribution is 6.17. The number of fused-ring (bicyclic) bond motifs is 2. The molecule has 1 aliphatic rings. The fraction of sp³-hybridized carbons (Fsp3) is 0.395. The zero-order valence-electron chi connectivity index (χ0n) is 29.4. The maximum Gasteiger partial charge on any atom is 0.413 e. The number of nitrogens with one attached hydrogen (secondary N) is 4. The number of hydrogen-bond donors (Lipinski definition) is 5. The van der Waals surface area contributed by atoms with Crippen LogP contribution in [0.4, 0.5) is 9.59 Å². The molecule has 1 saturated carbocycles. The summed E-state index contributed by atoms with van der Waals surface area (Å²) in [7, 11) is 0. The van der Waals surface area contributed by atoms with Gasteiger partial charge in [-0.25, -0.2) is 9.59 Å². The van der Waals surface area contributed by atoms with E-state index in [1.54, 1.807) is 43.5 Å². The van der Waals surface area contributed by atoms with Crippen molar-refractivity contribution in [1.82, 2.24) is 20.5 Å². The van der Waals surface area contributed by atoms with Crippen LogP contribution in [0.25, 0.3) is 21.7 Å². The van der Waals surface area contributed by atoms with E-state index in [2.05, 4.69) is 16.0 Å². The number of benzene rings is 3. The number of alkyl carbamates (subject to hydrolysis) is 2. The van der Waals surface area contributed by atoms with Gasteiger partial charge in [0.2, 0.25) is 0 Å². The number of nitrogens with two attached hydrogens (primary N) is 1. The van der Waals surface area contributed by atoms with E-state index in [1.807, 2.05) is 63.2 Å². The van der Waals surface area contributed by atoms with Gasteiger partial charge < -0.3 is 30.4 Å². The molecule has 0 aliphatic heterocycles. The highest BCUT2D eigenvalue weighted by Crippen LogP contribution is 2.31.